The van der Waals surface area contributed by atoms with Crippen LogP contribution in [0.1, 0.15) is 12.0 Å². The summed E-state index contributed by atoms with van der Waals surface area (Å²) in [6.07, 6.45) is 4.85. The largest absolute Gasteiger partial charge is 0.472 e. The van der Waals surface area contributed by atoms with Crippen molar-refractivity contribution in [3.63, 3.8) is 0 Å². The van der Waals surface area contributed by atoms with Crippen molar-refractivity contribution < 1.29 is 4.74 Å². The Bertz CT molecular complexity index is 588. The second kappa shape index (κ2) is 5.79. The molecule has 0 N–H and O–H groups in total. The van der Waals surface area contributed by atoms with Crippen LogP contribution in [0.3, 0.4) is 0 Å². The molecule has 0 aromatic carbocycles. The zero-order valence-corrected chi connectivity index (χ0v) is 12.9. The molecule has 1 aliphatic rings. The number of rotatable bonds is 3. The van der Waals surface area contributed by atoms with Gasteiger partial charge in [0.05, 0.1) is 18.4 Å². The molecule has 2 aromatic heterocycles. The molecule has 0 aliphatic carbocycles. The van der Waals surface area contributed by atoms with E-state index >= 15 is 0 Å². The van der Waals surface area contributed by atoms with Crippen molar-refractivity contribution in [2.75, 3.05) is 18.0 Å². The van der Waals surface area contributed by atoms with Gasteiger partial charge in [0.2, 0.25) is 5.88 Å². The number of ether oxygens (including phenoxy) is 1. The van der Waals surface area contributed by atoms with Crippen molar-refractivity contribution in [1.29, 1.82) is 0 Å². The first kappa shape index (κ1) is 13.4. The second-order valence-electron chi connectivity index (χ2n) is 4.94. The van der Waals surface area contributed by atoms with Gasteiger partial charge in [-0.3, -0.25) is 0 Å². The highest BCUT2D eigenvalue weighted by Crippen LogP contribution is 2.24. The summed E-state index contributed by atoms with van der Waals surface area (Å²) in [5.41, 5.74) is 2.22. The molecule has 5 heteroatoms. The monoisotopic (exact) mass is 333 g/mol. The van der Waals surface area contributed by atoms with Crippen LogP contribution in [-0.2, 0) is 0 Å². The fourth-order valence-electron chi connectivity index (χ4n) is 2.37. The number of hydrogen-bond acceptors (Lipinski definition) is 4. The molecule has 0 saturated carbocycles. The Morgan fingerprint density at radius 2 is 2.20 bits per heavy atom. The van der Waals surface area contributed by atoms with E-state index in [2.05, 4.69) is 36.9 Å². The lowest BCUT2D eigenvalue weighted by Gasteiger charge is -2.18. The van der Waals surface area contributed by atoms with Crippen LogP contribution in [0.4, 0.5) is 5.69 Å². The van der Waals surface area contributed by atoms with Gasteiger partial charge in [0.1, 0.15) is 10.7 Å². The molecule has 20 heavy (non-hydrogen) atoms. The van der Waals surface area contributed by atoms with E-state index in [1.165, 1.54) is 0 Å². The number of aromatic nitrogens is 2. The summed E-state index contributed by atoms with van der Waals surface area (Å²) in [4.78, 5) is 10.9. The SMILES string of the molecule is Cc1cccnc1OC1CCN(c2ccc(Br)nc2)C1. The van der Waals surface area contributed by atoms with Gasteiger partial charge < -0.3 is 9.64 Å². The van der Waals surface area contributed by atoms with E-state index in [0.29, 0.717) is 0 Å². The summed E-state index contributed by atoms with van der Waals surface area (Å²) in [5, 5.41) is 0. The molecular weight excluding hydrogens is 318 g/mol. The third-order valence-electron chi connectivity index (χ3n) is 3.46. The van der Waals surface area contributed by atoms with Gasteiger partial charge in [-0.1, -0.05) is 6.07 Å². The van der Waals surface area contributed by atoms with Crippen LogP contribution in [0.25, 0.3) is 0 Å². The molecule has 1 atom stereocenters. The van der Waals surface area contributed by atoms with Crippen molar-refractivity contribution in [1.82, 2.24) is 9.97 Å². The molecule has 104 valence electrons. The summed E-state index contributed by atoms with van der Waals surface area (Å²) >= 11 is 3.36. The summed E-state index contributed by atoms with van der Waals surface area (Å²) in [5.74, 6) is 0.744. The maximum absolute atomic E-state index is 6.00. The van der Waals surface area contributed by atoms with Crippen molar-refractivity contribution >= 4 is 21.6 Å². The van der Waals surface area contributed by atoms with Gasteiger partial charge >= 0.3 is 0 Å². The molecule has 0 amide bonds. The smallest absolute Gasteiger partial charge is 0.216 e. The highest BCUT2D eigenvalue weighted by Gasteiger charge is 2.25. The number of aryl methyl sites for hydroxylation is 1. The number of halogens is 1. The third-order valence-corrected chi connectivity index (χ3v) is 3.93. The average Bonchev–Trinajstić information content (AvgIpc) is 2.91. The standard InChI is InChI=1S/C15H16BrN3O/c1-11-3-2-7-17-15(11)20-13-6-8-19(10-13)12-4-5-14(16)18-9-12/h2-5,7,9,13H,6,8,10H2,1H3. The minimum absolute atomic E-state index is 0.187. The van der Waals surface area contributed by atoms with Crippen molar-refractivity contribution in [3.05, 3.63) is 46.8 Å². The quantitative estimate of drug-likeness (QED) is 0.808. The van der Waals surface area contributed by atoms with E-state index in [1.807, 2.05) is 31.3 Å². The lowest BCUT2D eigenvalue weighted by atomic mass is 10.3. The van der Waals surface area contributed by atoms with Gasteiger partial charge in [-0.05, 0) is 41.1 Å². The van der Waals surface area contributed by atoms with Gasteiger partial charge in [0, 0.05) is 24.7 Å². The molecule has 0 spiro atoms. The van der Waals surface area contributed by atoms with Gasteiger partial charge in [-0.15, -0.1) is 0 Å². The van der Waals surface area contributed by atoms with Crippen LogP contribution in [0.2, 0.25) is 0 Å². The minimum atomic E-state index is 0.187. The maximum atomic E-state index is 6.00. The first-order valence-corrected chi connectivity index (χ1v) is 7.46. The van der Waals surface area contributed by atoms with E-state index < -0.39 is 0 Å². The lowest BCUT2D eigenvalue weighted by molar-refractivity contribution is 0.214. The molecule has 2 aromatic rings. The average molecular weight is 334 g/mol. The Morgan fingerprint density at radius 1 is 1.30 bits per heavy atom. The maximum Gasteiger partial charge on any atom is 0.216 e. The van der Waals surface area contributed by atoms with Crippen LogP contribution < -0.4 is 9.64 Å². The molecule has 1 saturated heterocycles. The topological polar surface area (TPSA) is 38.2 Å². The predicted octanol–water partition coefficient (Wildman–Crippen LogP) is 3.21. The summed E-state index contributed by atoms with van der Waals surface area (Å²) in [6.45, 7) is 3.88. The highest BCUT2D eigenvalue weighted by molar-refractivity contribution is 9.10. The third kappa shape index (κ3) is 2.93. The Hall–Kier alpha value is -1.62. The fourth-order valence-corrected chi connectivity index (χ4v) is 2.60. The van der Waals surface area contributed by atoms with Gasteiger partial charge in [-0.25, -0.2) is 9.97 Å². The number of nitrogens with zero attached hydrogens (tertiary/aromatic N) is 3. The van der Waals surface area contributed by atoms with E-state index in [1.54, 1.807) is 6.20 Å². The molecule has 0 bridgehead atoms. The predicted molar refractivity (Wildman–Crippen MR) is 82.2 cm³/mol. The summed E-state index contributed by atoms with van der Waals surface area (Å²) in [7, 11) is 0. The Labute approximate surface area is 126 Å². The van der Waals surface area contributed by atoms with Crippen molar-refractivity contribution in [2.24, 2.45) is 0 Å². The first-order chi connectivity index (χ1) is 9.72. The molecule has 0 radical (unpaired) electrons. The lowest BCUT2D eigenvalue weighted by Crippen LogP contribution is -2.25. The molecule has 3 rings (SSSR count). The summed E-state index contributed by atoms with van der Waals surface area (Å²) < 4.78 is 6.86. The van der Waals surface area contributed by atoms with E-state index in [-0.39, 0.29) is 6.10 Å². The molecular formula is C15H16BrN3O. The van der Waals surface area contributed by atoms with E-state index in [0.717, 1.165) is 41.2 Å². The zero-order valence-electron chi connectivity index (χ0n) is 11.3. The Kier molecular flexibility index (Phi) is 3.87. The van der Waals surface area contributed by atoms with Gasteiger partial charge in [0.15, 0.2) is 0 Å². The van der Waals surface area contributed by atoms with Crippen LogP contribution in [0.15, 0.2) is 41.3 Å². The van der Waals surface area contributed by atoms with Crippen molar-refractivity contribution in [2.45, 2.75) is 19.4 Å². The number of hydrogen-bond donors (Lipinski definition) is 0. The second-order valence-corrected chi connectivity index (χ2v) is 5.75. The van der Waals surface area contributed by atoms with Gasteiger partial charge in [-0.2, -0.15) is 0 Å². The Balaban J connectivity index is 1.65. The van der Waals surface area contributed by atoms with E-state index in [9.17, 15) is 0 Å². The molecule has 1 unspecified atom stereocenters. The van der Waals surface area contributed by atoms with Crippen molar-refractivity contribution in [3.8, 4) is 5.88 Å². The minimum Gasteiger partial charge on any atom is -0.472 e. The van der Waals surface area contributed by atoms with Crippen LogP contribution >= 0.6 is 15.9 Å². The summed E-state index contributed by atoms with van der Waals surface area (Å²) in [6, 6.07) is 7.99. The molecule has 4 nitrogen and oxygen atoms in total. The zero-order chi connectivity index (χ0) is 13.9. The molecule has 1 fully saturated rings. The number of pyridine rings is 2. The van der Waals surface area contributed by atoms with Gasteiger partial charge in [0.25, 0.3) is 0 Å². The molecule has 3 heterocycles. The first-order valence-electron chi connectivity index (χ1n) is 6.67. The fraction of sp³-hybridized carbons (Fsp3) is 0.333. The normalized spacial score (nSPS) is 18.3. The Morgan fingerprint density at radius 3 is 2.95 bits per heavy atom. The van der Waals surface area contributed by atoms with Crippen LogP contribution in [-0.4, -0.2) is 29.2 Å². The molecule has 1 aliphatic heterocycles. The van der Waals surface area contributed by atoms with E-state index in [4.69, 9.17) is 4.74 Å². The van der Waals surface area contributed by atoms with Crippen LogP contribution in [0, 0.1) is 6.92 Å². The number of anilines is 1. The van der Waals surface area contributed by atoms with Crippen LogP contribution in [0.5, 0.6) is 5.88 Å². The highest BCUT2D eigenvalue weighted by atomic mass is 79.9.